The average Bonchev–Trinajstić information content (AvgIpc) is 2.78. The molecular formula is C24H33N3O4S. The molecule has 0 saturated heterocycles. The summed E-state index contributed by atoms with van der Waals surface area (Å²) >= 11 is 0. The Morgan fingerprint density at radius 3 is 2.09 bits per heavy atom. The topological polar surface area (TPSA) is 86.8 Å². The summed E-state index contributed by atoms with van der Waals surface area (Å²) in [6.45, 7) is 7.44. The van der Waals surface area contributed by atoms with E-state index in [0.717, 1.165) is 23.8 Å². The minimum atomic E-state index is -3.84. The van der Waals surface area contributed by atoms with Crippen LogP contribution in [0.4, 0.5) is 0 Å². The van der Waals surface area contributed by atoms with Crippen LogP contribution in [0.5, 0.6) is 0 Å². The Morgan fingerprint density at radius 1 is 0.969 bits per heavy atom. The molecule has 8 heteroatoms. The van der Waals surface area contributed by atoms with E-state index in [-0.39, 0.29) is 29.2 Å². The van der Waals surface area contributed by atoms with Crippen molar-refractivity contribution in [2.24, 2.45) is 0 Å². The monoisotopic (exact) mass is 459 g/mol. The van der Waals surface area contributed by atoms with E-state index in [1.807, 2.05) is 18.2 Å². The van der Waals surface area contributed by atoms with Gasteiger partial charge in [0.1, 0.15) is 0 Å². The number of carbonyl (C=O) groups is 2. The molecule has 0 heterocycles. The molecule has 2 rings (SSSR count). The fourth-order valence-corrected chi connectivity index (χ4v) is 4.70. The van der Waals surface area contributed by atoms with Crippen molar-refractivity contribution in [2.45, 2.75) is 38.1 Å². The van der Waals surface area contributed by atoms with Gasteiger partial charge in [-0.1, -0.05) is 56.3 Å². The van der Waals surface area contributed by atoms with E-state index < -0.39 is 10.0 Å². The number of Topliss-reactive ketones (excluding diaryl/α,β-unsaturated/α-hetero) is 1. The van der Waals surface area contributed by atoms with E-state index in [1.54, 1.807) is 0 Å². The number of sulfonamides is 1. The predicted molar refractivity (Wildman–Crippen MR) is 126 cm³/mol. The first kappa shape index (κ1) is 25.7. The normalized spacial score (nSPS) is 12.7. The molecule has 0 spiro atoms. The molecule has 0 saturated carbocycles. The van der Waals surface area contributed by atoms with Crippen molar-refractivity contribution in [3.05, 3.63) is 65.7 Å². The van der Waals surface area contributed by atoms with Gasteiger partial charge in [0, 0.05) is 25.2 Å². The van der Waals surface area contributed by atoms with Gasteiger partial charge < -0.3 is 5.32 Å². The van der Waals surface area contributed by atoms with Gasteiger partial charge in [0.2, 0.25) is 15.9 Å². The van der Waals surface area contributed by atoms with Crippen molar-refractivity contribution in [1.82, 2.24) is 14.5 Å². The number of likely N-dealkylation sites (N-methyl/N-ethyl adjacent to an activating group) is 2. The molecule has 0 aromatic heterocycles. The third-order valence-electron chi connectivity index (χ3n) is 5.51. The lowest BCUT2D eigenvalue weighted by molar-refractivity contribution is -0.121. The summed E-state index contributed by atoms with van der Waals surface area (Å²) in [7, 11) is -2.46. The third kappa shape index (κ3) is 6.98. The van der Waals surface area contributed by atoms with Crippen molar-refractivity contribution in [3.63, 3.8) is 0 Å². The number of hydrogen-bond acceptors (Lipinski definition) is 5. The van der Waals surface area contributed by atoms with E-state index in [0.29, 0.717) is 12.1 Å². The van der Waals surface area contributed by atoms with Gasteiger partial charge in [0.15, 0.2) is 5.78 Å². The van der Waals surface area contributed by atoms with Crippen LogP contribution in [0.15, 0.2) is 59.5 Å². The lowest BCUT2D eigenvalue weighted by Crippen LogP contribution is -2.47. The largest absolute Gasteiger partial charge is 0.353 e. The SMILES string of the molecule is CCN(CC)C(CNC(=O)CN(C)S(=O)(=O)c1ccc(C(C)=O)cc1)Cc1ccccc1. The van der Waals surface area contributed by atoms with Gasteiger partial charge in [-0.25, -0.2) is 8.42 Å². The zero-order valence-electron chi connectivity index (χ0n) is 19.2. The lowest BCUT2D eigenvalue weighted by atomic mass is 10.0. The summed E-state index contributed by atoms with van der Waals surface area (Å²) in [6, 6.07) is 15.9. The summed E-state index contributed by atoms with van der Waals surface area (Å²) in [4.78, 5) is 26.3. The molecule has 0 aliphatic heterocycles. The van der Waals surface area contributed by atoms with E-state index >= 15 is 0 Å². The molecule has 0 radical (unpaired) electrons. The summed E-state index contributed by atoms with van der Waals surface area (Å²) in [5.74, 6) is -0.499. The molecule has 32 heavy (non-hydrogen) atoms. The molecule has 7 nitrogen and oxygen atoms in total. The van der Waals surface area contributed by atoms with Gasteiger partial charge in [-0.3, -0.25) is 14.5 Å². The zero-order valence-corrected chi connectivity index (χ0v) is 20.1. The van der Waals surface area contributed by atoms with Gasteiger partial charge in [-0.15, -0.1) is 0 Å². The number of rotatable bonds is 12. The molecule has 0 aliphatic rings. The molecule has 174 valence electrons. The minimum Gasteiger partial charge on any atom is -0.353 e. The van der Waals surface area contributed by atoms with E-state index in [9.17, 15) is 18.0 Å². The molecule has 0 fully saturated rings. The van der Waals surface area contributed by atoms with Crippen molar-refractivity contribution in [3.8, 4) is 0 Å². The Balaban J connectivity index is 2.01. The average molecular weight is 460 g/mol. The van der Waals surface area contributed by atoms with Crippen molar-refractivity contribution in [2.75, 3.05) is 33.2 Å². The Morgan fingerprint density at radius 2 is 1.56 bits per heavy atom. The molecule has 2 aromatic carbocycles. The maximum absolute atomic E-state index is 12.8. The second-order valence-corrected chi connectivity index (χ2v) is 9.76. The van der Waals surface area contributed by atoms with Crippen LogP contribution in [-0.2, 0) is 21.2 Å². The summed E-state index contributed by atoms with van der Waals surface area (Å²) in [5, 5.41) is 2.90. The van der Waals surface area contributed by atoms with Crippen LogP contribution in [0.1, 0.15) is 36.7 Å². The fraction of sp³-hybridized carbons (Fsp3) is 0.417. The number of ketones is 1. The number of nitrogens with zero attached hydrogens (tertiary/aromatic N) is 2. The van der Waals surface area contributed by atoms with Crippen molar-refractivity contribution >= 4 is 21.7 Å². The summed E-state index contributed by atoms with van der Waals surface area (Å²) in [6.07, 6.45) is 0.791. The van der Waals surface area contributed by atoms with Gasteiger partial charge >= 0.3 is 0 Å². The van der Waals surface area contributed by atoms with Gasteiger partial charge in [-0.2, -0.15) is 4.31 Å². The van der Waals surface area contributed by atoms with Crippen LogP contribution in [0.25, 0.3) is 0 Å². The molecule has 0 aliphatic carbocycles. The molecule has 1 amide bonds. The highest BCUT2D eigenvalue weighted by Crippen LogP contribution is 2.15. The molecule has 0 bridgehead atoms. The molecule has 1 N–H and O–H groups in total. The number of nitrogens with one attached hydrogen (secondary N) is 1. The first-order chi connectivity index (χ1) is 15.2. The maximum atomic E-state index is 12.8. The van der Waals surface area contributed by atoms with Crippen LogP contribution < -0.4 is 5.32 Å². The second kappa shape index (κ2) is 11.9. The number of amides is 1. The Labute approximate surface area is 191 Å². The fourth-order valence-electron chi connectivity index (χ4n) is 3.57. The highest BCUT2D eigenvalue weighted by Gasteiger charge is 2.24. The van der Waals surface area contributed by atoms with Crippen LogP contribution in [-0.4, -0.2) is 68.6 Å². The van der Waals surface area contributed by atoms with Gasteiger partial charge in [0.25, 0.3) is 0 Å². The van der Waals surface area contributed by atoms with Crippen molar-refractivity contribution in [1.29, 1.82) is 0 Å². The van der Waals surface area contributed by atoms with Crippen LogP contribution in [0, 0.1) is 0 Å². The first-order valence-electron chi connectivity index (χ1n) is 10.8. The summed E-state index contributed by atoms with van der Waals surface area (Å²) in [5.41, 5.74) is 1.62. The minimum absolute atomic E-state index is 0.0443. The number of hydrogen-bond donors (Lipinski definition) is 1. The smallest absolute Gasteiger partial charge is 0.243 e. The first-order valence-corrected chi connectivity index (χ1v) is 12.2. The standard InChI is InChI=1S/C24H33N3O4S/c1-5-27(6-2)22(16-20-10-8-7-9-11-20)17-25-24(29)18-26(4)32(30,31)23-14-12-21(13-15-23)19(3)28/h7-15,22H,5-6,16-18H2,1-4H3,(H,25,29). The zero-order chi connectivity index (χ0) is 23.7. The van der Waals surface area contributed by atoms with E-state index in [4.69, 9.17) is 0 Å². The molecule has 1 atom stereocenters. The van der Waals surface area contributed by atoms with Crippen LogP contribution in [0.3, 0.4) is 0 Å². The Kier molecular flexibility index (Phi) is 9.56. The third-order valence-corrected chi connectivity index (χ3v) is 7.33. The second-order valence-electron chi connectivity index (χ2n) is 7.71. The van der Waals surface area contributed by atoms with Crippen LogP contribution in [0.2, 0.25) is 0 Å². The molecular weight excluding hydrogens is 426 g/mol. The number of benzene rings is 2. The Bertz CT molecular complexity index is 988. The lowest BCUT2D eigenvalue weighted by Gasteiger charge is -2.30. The molecule has 2 aromatic rings. The van der Waals surface area contributed by atoms with Gasteiger partial charge in [-0.05, 0) is 44.1 Å². The number of carbonyl (C=O) groups excluding carboxylic acids is 2. The molecule has 1 unspecified atom stereocenters. The summed E-state index contributed by atoms with van der Waals surface area (Å²) < 4.78 is 26.6. The van der Waals surface area contributed by atoms with Gasteiger partial charge in [0.05, 0.1) is 11.4 Å². The highest BCUT2D eigenvalue weighted by atomic mass is 32.2. The Hall–Kier alpha value is -2.55. The van der Waals surface area contributed by atoms with E-state index in [2.05, 4.69) is 36.2 Å². The van der Waals surface area contributed by atoms with Crippen molar-refractivity contribution < 1.29 is 18.0 Å². The van der Waals surface area contributed by atoms with Crippen LogP contribution >= 0.6 is 0 Å². The van der Waals surface area contributed by atoms with E-state index in [1.165, 1.54) is 43.8 Å². The quantitative estimate of drug-likeness (QED) is 0.493. The predicted octanol–water partition coefficient (Wildman–Crippen LogP) is 2.58. The highest BCUT2D eigenvalue weighted by molar-refractivity contribution is 7.89. The maximum Gasteiger partial charge on any atom is 0.243 e.